The topological polar surface area (TPSA) is 75.1 Å². The first-order valence-electron chi connectivity index (χ1n) is 6.55. The summed E-state index contributed by atoms with van der Waals surface area (Å²) in [6, 6.07) is 4.85. The third-order valence-corrected chi connectivity index (χ3v) is 4.20. The molecule has 5 nitrogen and oxygen atoms in total. The van der Waals surface area contributed by atoms with Gasteiger partial charge in [0.25, 0.3) is 0 Å². The van der Waals surface area contributed by atoms with Gasteiger partial charge in [-0.2, -0.15) is 0 Å². The smallest absolute Gasteiger partial charge is 0.335 e. The molecule has 100 valence electrons. The number of H-pyrrole nitrogens is 1. The van der Waals surface area contributed by atoms with Gasteiger partial charge in [-0.15, -0.1) is 0 Å². The lowest BCUT2D eigenvalue weighted by atomic mass is 9.80. The van der Waals surface area contributed by atoms with Gasteiger partial charge in [-0.3, -0.25) is 4.57 Å². The number of carboxylic acid groups (broad SMARTS) is 1. The molecule has 1 atom stereocenters. The lowest BCUT2D eigenvalue weighted by Gasteiger charge is -2.32. The van der Waals surface area contributed by atoms with Crippen LogP contribution in [0.25, 0.3) is 11.0 Å². The van der Waals surface area contributed by atoms with Crippen LogP contribution in [-0.2, 0) is 0 Å². The summed E-state index contributed by atoms with van der Waals surface area (Å²) in [4.78, 5) is 25.9. The lowest BCUT2D eigenvalue weighted by Crippen LogP contribution is -2.29. The van der Waals surface area contributed by atoms with Crippen LogP contribution < -0.4 is 5.69 Å². The zero-order valence-corrected chi connectivity index (χ0v) is 10.7. The van der Waals surface area contributed by atoms with Gasteiger partial charge in [0, 0.05) is 6.04 Å². The van der Waals surface area contributed by atoms with Crippen molar-refractivity contribution < 1.29 is 9.90 Å². The van der Waals surface area contributed by atoms with Gasteiger partial charge >= 0.3 is 11.7 Å². The maximum atomic E-state index is 12.1. The van der Waals surface area contributed by atoms with E-state index in [1.54, 1.807) is 16.7 Å². The molecule has 1 aromatic carbocycles. The number of rotatable bonds is 3. The van der Waals surface area contributed by atoms with Crippen LogP contribution in [0.15, 0.2) is 23.0 Å². The van der Waals surface area contributed by atoms with Gasteiger partial charge in [-0.1, -0.05) is 6.42 Å². The summed E-state index contributed by atoms with van der Waals surface area (Å²) >= 11 is 0. The molecule has 5 heteroatoms. The Morgan fingerprint density at radius 1 is 1.47 bits per heavy atom. The summed E-state index contributed by atoms with van der Waals surface area (Å²) in [7, 11) is 0. The molecule has 2 aromatic rings. The molecule has 3 rings (SSSR count). The molecular formula is C14H16N2O3. The van der Waals surface area contributed by atoms with Crippen LogP contribution in [0.1, 0.15) is 42.6 Å². The minimum Gasteiger partial charge on any atom is -0.478 e. The van der Waals surface area contributed by atoms with E-state index in [2.05, 4.69) is 4.98 Å². The second-order valence-electron chi connectivity index (χ2n) is 5.27. The second-order valence-corrected chi connectivity index (χ2v) is 5.27. The van der Waals surface area contributed by atoms with Crippen LogP contribution >= 0.6 is 0 Å². The van der Waals surface area contributed by atoms with Crippen molar-refractivity contribution in [3.8, 4) is 0 Å². The van der Waals surface area contributed by atoms with E-state index in [0.29, 0.717) is 17.0 Å². The number of carboxylic acids is 1. The van der Waals surface area contributed by atoms with E-state index in [1.165, 1.54) is 12.5 Å². The average Bonchev–Trinajstić information content (AvgIpc) is 2.61. The third-order valence-electron chi connectivity index (χ3n) is 4.20. The van der Waals surface area contributed by atoms with E-state index in [9.17, 15) is 9.59 Å². The van der Waals surface area contributed by atoms with Gasteiger partial charge in [0.2, 0.25) is 0 Å². The predicted octanol–water partition coefficient (Wildman–Crippen LogP) is 2.39. The van der Waals surface area contributed by atoms with Crippen molar-refractivity contribution >= 4 is 17.0 Å². The quantitative estimate of drug-likeness (QED) is 0.889. The number of aromatic carboxylic acids is 1. The molecule has 1 saturated carbocycles. The lowest BCUT2D eigenvalue weighted by molar-refractivity contribution is 0.0697. The number of nitrogens with one attached hydrogen (secondary N) is 1. The van der Waals surface area contributed by atoms with E-state index in [4.69, 9.17) is 5.11 Å². The second kappa shape index (κ2) is 4.26. The van der Waals surface area contributed by atoms with E-state index in [1.807, 2.05) is 6.92 Å². The van der Waals surface area contributed by atoms with Crippen LogP contribution in [0.5, 0.6) is 0 Å². The maximum Gasteiger partial charge on any atom is 0.335 e. The third kappa shape index (κ3) is 1.85. The molecule has 1 fully saturated rings. The SMILES string of the molecule is CC(C1CCC1)n1c(=O)[nH]c2ccc(C(=O)O)cc21. The van der Waals surface area contributed by atoms with Crippen molar-refractivity contribution in [3.05, 3.63) is 34.2 Å². The Morgan fingerprint density at radius 3 is 2.79 bits per heavy atom. The fourth-order valence-electron chi connectivity index (χ4n) is 2.79. The van der Waals surface area contributed by atoms with Crippen molar-refractivity contribution in [1.29, 1.82) is 0 Å². The molecule has 0 spiro atoms. The van der Waals surface area contributed by atoms with Crippen LogP contribution in [0.3, 0.4) is 0 Å². The Morgan fingerprint density at radius 2 is 2.21 bits per heavy atom. The van der Waals surface area contributed by atoms with Crippen LogP contribution in [-0.4, -0.2) is 20.6 Å². The summed E-state index contributed by atoms with van der Waals surface area (Å²) in [5.41, 5.74) is 1.43. The number of hydrogen-bond donors (Lipinski definition) is 2. The molecule has 0 bridgehead atoms. The number of benzene rings is 1. The number of imidazole rings is 1. The summed E-state index contributed by atoms with van der Waals surface area (Å²) in [6.07, 6.45) is 3.49. The van der Waals surface area contributed by atoms with Crippen molar-refractivity contribution in [2.24, 2.45) is 5.92 Å². The van der Waals surface area contributed by atoms with Crippen molar-refractivity contribution in [3.63, 3.8) is 0 Å². The highest BCUT2D eigenvalue weighted by Gasteiger charge is 2.27. The predicted molar refractivity (Wildman–Crippen MR) is 71.6 cm³/mol. The first-order valence-corrected chi connectivity index (χ1v) is 6.55. The van der Waals surface area contributed by atoms with Crippen LogP contribution in [0.2, 0.25) is 0 Å². The number of aromatic amines is 1. The summed E-state index contributed by atoms with van der Waals surface area (Å²) in [5, 5.41) is 9.05. The van der Waals surface area contributed by atoms with Gasteiger partial charge in [0.1, 0.15) is 0 Å². The normalized spacial score (nSPS) is 17.3. The maximum absolute atomic E-state index is 12.1. The van der Waals surface area contributed by atoms with Gasteiger partial charge in [0.05, 0.1) is 16.6 Å². The first-order chi connectivity index (χ1) is 9.08. The van der Waals surface area contributed by atoms with Gasteiger partial charge < -0.3 is 10.1 Å². The summed E-state index contributed by atoms with van der Waals surface area (Å²) in [5.74, 6) is -0.455. The van der Waals surface area contributed by atoms with E-state index in [0.717, 1.165) is 12.8 Å². The number of carbonyl (C=O) groups is 1. The van der Waals surface area contributed by atoms with E-state index >= 15 is 0 Å². The zero-order valence-electron chi connectivity index (χ0n) is 10.7. The zero-order chi connectivity index (χ0) is 13.6. The highest BCUT2D eigenvalue weighted by molar-refractivity contribution is 5.92. The standard InChI is InChI=1S/C14H16N2O3/c1-8(9-3-2-4-9)16-12-7-10(13(17)18)5-6-11(12)15-14(16)19/h5-9H,2-4H2,1H3,(H,15,19)(H,17,18). The van der Waals surface area contributed by atoms with Crippen molar-refractivity contribution in [1.82, 2.24) is 9.55 Å². The minimum absolute atomic E-state index is 0.110. The Balaban J connectivity index is 2.16. The summed E-state index contributed by atoms with van der Waals surface area (Å²) < 4.78 is 1.70. The Labute approximate surface area is 109 Å². The van der Waals surface area contributed by atoms with Gasteiger partial charge in [-0.25, -0.2) is 9.59 Å². The fraction of sp³-hybridized carbons (Fsp3) is 0.429. The molecule has 1 aliphatic carbocycles. The fourth-order valence-corrected chi connectivity index (χ4v) is 2.79. The Kier molecular flexibility index (Phi) is 2.69. The van der Waals surface area contributed by atoms with Crippen LogP contribution in [0.4, 0.5) is 0 Å². The highest BCUT2D eigenvalue weighted by Crippen LogP contribution is 2.36. The average molecular weight is 260 g/mol. The number of fused-ring (bicyclic) bond motifs is 1. The van der Waals surface area contributed by atoms with E-state index in [-0.39, 0.29) is 17.3 Å². The Hall–Kier alpha value is -2.04. The molecule has 1 heterocycles. The van der Waals surface area contributed by atoms with Gasteiger partial charge in [-0.05, 0) is 43.9 Å². The van der Waals surface area contributed by atoms with Crippen molar-refractivity contribution in [2.45, 2.75) is 32.2 Å². The summed E-state index contributed by atoms with van der Waals surface area (Å²) in [6.45, 7) is 2.03. The molecular weight excluding hydrogens is 244 g/mol. The number of nitrogens with zero attached hydrogens (tertiary/aromatic N) is 1. The molecule has 1 unspecified atom stereocenters. The molecule has 0 amide bonds. The monoisotopic (exact) mass is 260 g/mol. The molecule has 1 aliphatic rings. The molecule has 1 aromatic heterocycles. The molecule has 0 radical (unpaired) electrons. The van der Waals surface area contributed by atoms with E-state index < -0.39 is 5.97 Å². The first kappa shape index (κ1) is 12.0. The molecule has 0 saturated heterocycles. The minimum atomic E-state index is -0.974. The van der Waals surface area contributed by atoms with Gasteiger partial charge in [0.15, 0.2) is 0 Å². The molecule has 19 heavy (non-hydrogen) atoms. The number of aromatic nitrogens is 2. The number of hydrogen-bond acceptors (Lipinski definition) is 2. The Bertz CT molecular complexity index is 694. The van der Waals surface area contributed by atoms with Crippen LogP contribution in [0, 0.1) is 5.92 Å². The largest absolute Gasteiger partial charge is 0.478 e. The highest BCUT2D eigenvalue weighted by atomic mass is 16.4. The van der Waals surface area contributed by atoms with Crippen molar-refractivity contribution in [2.75, 3.05) is 0 Å². The molecule has 2 N–H and O–H groups in total. The molecule has 0 aliphatic heterocycles.